The Morgan fingerprint density at radius 1 is 1.44 bits per heavy atom. The van der Waals surface area contributed by atoms with Gasteiger partial charge >= 0.3 is 0 Å². The van der Waals surface area contributed by atoms with Crippen LogP contribution in [0.15, 0.2) is 13.6 Å². The molecule has 0 radical (unpaired) electrons. The topological polar surface area (TPSA) is 18.5 Å². The molecule has 1 atom stereocenters. The van der Waals surface area contributed by atoms with Gasteiger partial charge in [0, 0.05) is 6.61 Å². The summed E-state index contributed by atoms with van der Waals surface area (Å²) < 4.78 is 13.6. The fourth-order valence-electron chi connectivity index (χ4n) is 1.69. The molecule has 1 aliphatic heterocycles. The van der Waals surface area contributed by atoms with Crippen LogP contribution >= 0.6 is 43.2 Å². The summed E-state index contributed by atoms with van der Waals surface area (Å²) in [5.74, 6) is 0. The smallest absolute Gasteiger partial charge is 0.157 e. The van der Waals surface area contributed by atoms with Crippen molar-refractivity contribution in [2.24, 2.45) is 0 Å². The van der Waals surface area contributed by atoms with Crippen LogP contribution in [0.1, 0.15) is 24.8 Å². The summed E-state index contributed by atoms with van der Waals surface area (Å²) in [6.07, 6.45) is 4.38. The second-order valence-corrected chi connectivity index (χ2v) is 7.52. The SMILES string of the molecule is Brc1cc(CCOC2CCCCO2)c(Br)s1. The highest BCUT2D eigenvalue weighted by molar-refractivity contribution is 9.12. The molecule has 0 aliphatic carbocycles. The predicted octanol–water partition coefficient (Wildman–Crippen LogP) is 4.36. The third kappa shape index (κ3) is 3.81. The van der Waals surface area contributed by atoms with Crippen LogP contribution in [0.3, 0.4) is 0 Å². The first-order valence-electron chi connectivity index (χ1n) is 5.42. The van der Waals surface area contributed by atoms with E-state index in [2.05, 4.69) is 37.9 Å². The highest BCUT2D eigenvalue weighted by Crippen LogP contribution is 2.32. The summed E-state index contributed by atoms with van der Waals surface area (Å²) in [4.78, 5) is 0. The van der Waals surface area contributed by atoms with Gasteiger partial charge < -0.3 is 9.47 Å². The lowest BCUT2D eigenvalue weighted by molar-refractivity contribution is -0.161. The van der Waals surface area contributed by atoms with E-state index < -0.39 is 0 Å². The summed E-state index contributed by atoms with van der Waals surface area (Å²) in [6.45, 7) is 1.57. The van der Waals surface area contributed by atoms with Gasteiger partial charge in [0.05, 0.1) is 14.2 Å². The van der Waals surface area contributed by atoms with Gasteiger partial charge in [-0.15, -0.1) is 11.3 Å². The first-order valence-corrected chi connectivity index (χ1v) is 7.83. The lowest BCUT2D eigenvalue weighted by atomic mass is 10.2. The van der Waals surface area contributed by atoms with Gasteiger partial charge in [-0.3, -0.25) is 0 Å². The van der Waals surface area contributed by atoms with Gasteiger partial charge in [0.25, 0.3) is 0 Å². The maximum atomic E-state index is 5.70. The van der Waals surface area contributed by atoms with Crippen LogP contribution in [0.5, 0.6) is 0 Å². The molecule has 0 aromatic carbocycles. The molecule has 0 saturated carbocycles. The Kier molecular flexibility index (Phi) is 5.29. The Bertz CT molecular complexity index is 335. The minimum atomic E-state index is 0.0228. The molecule has 0 bridgehead atoms. The average molecular weight is 370 g/mol. The molecule has 1 aliphatic rings. The standard InChI is InChI=1S/C11H14Br2O2S/c12-9-7-8(11(13)16-9)4-6-15-10-3-1-2-5-14-10/h7,10H,1-6H2. The molecule has 16 heavy (non-hydrogen) atoms. The van der Waals surface area contributed by atoms with Crippen LogP contribution in [0.2, 0.25) is 0 Å². The Morgan fingerprint density at radius 3 is 2.94 bits per heavy atom. The Hall–Kier alpha value is 0.580. The zero-order chi connectivity index (χ0) is 11.4. The molecule has 2 heterocycles. The molecular formula is C11H14Br2O2S. The van der Waals surface area contributed by atoms with Crippen LogP contribution in [0.4, 0.5) is 0 Å². The normalized spacial score (nSPS) is 21.2. The Balaban J connectivity index is 1.73. The van der Waals surface area contributed by atoms with E-state index in [1.807, 2.05) is 0 Å². The molecule has 2 nitrogen and oxygen atoms in total. The maximum absolute atomic E-state index is 5.70. The van der Waals surface area contributed by atoms with Crippen molar-refractivity contribution in [1.29, 1.82) is 0 Å². The number of halogens is 2. The van der Waals surface area contributed by atoms with Crippen LogP contribution in [-0.4, -0.2) is 19.5 Å². The van der Waals surface area contributed by atoms with Crippen molar-refractivity contribution in [2.45, 2.75) is 32.0 Å². The summed E-state index contributed by atoms with van der Waals surface area (Å²) in [5, 5.41) is 0. The van der Waals surface area contributed by atoms with Crippen molar-refractivity contribution in [3.63, 3.8) is 0 Å². The van der Waals surface area contributed by atoms with Crippen molar-refractivity contribution in [3.05, 3.63) is 19.2 Å². The molecule has 0 amide bonds. The molecule has 1 saturated heterocycles. The van der Waals surface area contributed by atoms with E-state index in [9.17, 15) is 0 Å². The summed E-state index contributed by atoms with van der Waals surface area (Å²) in [5.41, 5.74) is 1.30. The number of ether oxygens (including phenoxy) is 2. The molecule has 0 N–H and O–H groups in total. The highest BCUT2D eigenvalue weighted by Gasteiger charge is 2.14. The van der Waals surface area contributed by atoms with Crippen LogP contribution in [-0.2, 0) is 15.9 Å². The van der Waals surface area contributed by atoms with Gasteiger partial charge in [-0.05, 0) is 69.2 Å². The lowest BCUT2D eigenvalue weighted by Gasteiger charge is -2.22. The van der Waals surface area contributed by atoms with Gasteiger partial charge in [0.2, 0.25) is 0 Å². The van der Waals surface area contributed by atoms with Crippen LogP contribution < -0.4 is 0 Å². The molecule has 1 fully saturated rings. The van der Waals surface area contributed by atoms with E-state index >= 15 is 0 Å². The molecule has 0 spiro atoms. The number of hydrogen-bond donors (Lipinski definition) is 0. The van der Waals surface area contributed by atoms with Gasteiger partial charge in [-0.2, -0.15) is 0 Å². The lowest BCUT2D eigenvalue weighted by Crippen LogP contribution is -2.23. The van der Waals surface area contributed by atoms with E-state index in [-0.39, 0.29) is 6.29 Å². The third-order valence-corrected chi connectivity index (χ3v) is 5.00. The molecule has 1 aromatic rings. The number of thiophene rings is 1. The Morgan fingerprint density at radius 2 is 2.31 bits per heavy atom. The largest absolute Gasteiger partial charge is 0.353 e. The molecule has 5 heteroatoms. The average Bonchev–Trinajstić information content (AvgIpc) is 2.59. The van der Waals surface area contributed by atoms with E-state index in [0.717, 1.165) is 29.8 Å². The number of hydrogen-bond acceptors (Lipinski definition) is 3. The monoisotopic (exact) mass is 368 g/mol. The van der Waals surface area contributed by atoms with E-state index in [0.29, 0.717) is 0 Å². The second kappa shape index (κ2) is 6.50. The van der Waals surface area contributed by atoms with Crippen molar-refractivity contribution in [2.75, 3.05) is 13.2 Å². The number of rotatable bonds is 4. The zero-order valence-corrected chi connectivity index (χ0v) is 12.9. The minimum Gasteiger partial charge on any atom is -0.353 e. The van der Waals surface area contributed by atoms with E-state index in [1.54, 1.807) is 11.3 Å². The molecule has 1 unspecified atom stereocenters. The Labute approximate surface area is 117 Å². The van der Waals surface area contributed by atoms with Crippen molar-refractivity contribution in [3.8, 4) is 0 Å². The minimum absolute atomic E-state index is 0.0228. The fraction of sp³-hybridized carbons (Fsp3) is 0.636. The van der Waals surface area contributed by atoms with Crippen molar-refractivity contribution >= 4 is 43.2 Å². The van der Waals surface area contributed by atoms with E-state index in [1.165, 1.54) is 22.2 Å². The predicted molar refractivity (Wildman–Crippen MR) is 73.0 cm³/mol. The van der Waals surface area contributed by atoms with Gasteiger partial charge in [0.15, 0.2) is 6.29 Å². The molecule has 2 rings (SSSR count). The molecular weight excluding hydrogens is 356 g/mol. The van der Waals surface area contributed by atoms with Crippen LogP contribution in [0, 0.1) is 0 Å². The molecule has 1 aromatic heterocycles. The first-order chi connectivity index (χ1) is 7.75. The van der Waals surface area contributed by atoms with Gasteiger partial charge in [-0.25, -0.2) is 0 Å². The molecule has 90 valence electrons. The summed E-state index contributed by atoms with van der Waals surface area (Å²) in [7, 11) is 0. The fourth-order valence-corrected chi connectivity index (χ4v) is 4.60. The third-order valence-electron chi connectivity index (χ3n) is 2.54. The van der Waals surface area contributed by atoms with Crippen molar-refractivity contribution in [1.82, 2.24) is 0 Å². The van der Waals surface area contributed by atoms with Gasteiger partial charge in [0.1, 0.15) is 0 Å². The zero-order valence-electron chi connectivity index (χ0n) is 8.88. The maximum Gasteiger partial charge on any atom is 0.157 e. The van der Waals surface area contributed by atoms with E-state index in [4.69, 9.17) is 9.47 Å². The first kappa shape index (κ1) is 13.0. The van der Waals surface area contributed by atoms with Crippen LogP contribution in [0.25, 0.3) is 0 Å². The van der Waals surface area contributed by atoms with Crippen molar-refractivity contribution < 1.29 is 9.47 Å². The summed E-state index contributed by atoms with van der Waals surface area (Å²) >= 11 is 8.72. The highest BCUT2D eigenvalue weighted by atomic mass is 79.9. The quantitative estimate of drug-likeness (QED) is 0.784. The summed E-state index contributed by atoms with van der Waals surface area (Å²) in [6, 6.07) is 2.14. The van der Waals surface area contributed by atoms with Gasteiger partial charge in [-0.1, -0.05) is 0 Å². The second-order valence-electron chi connectivity index (χ2n) is 3.77.